The lowest BCUT2D eigenvalue weighted by atomic mass is 10.1. The van der Waals surface area contributed by atoms with Crippen molar-refractivity contribution in [3.63, 3.8) is 0 Å². The molecule has 0 unspecified atom stereocenters. The topological polar surface area (TPSA) is 57.3 Å². The minimum absolute atomic E-state index is 0.327. The number of rotatable bonds is 3. The van der Waals surface area contributed by atoms with Crippen LogP contribution in [0, 0.1) is 12.7 Å². The van der Waals surface area contributed by atoms with Crippen molar-refractivity contribution in [3.8, 4) is 0 Å². The van der Waals surface area contributed by atoms with Crippen LogP contribution in [0.15, 0.2) is 48.5 Å². The highest BCUT2D eigenvalue weighted by molar-refractivity contribution is 6.01. The molecule has 28 heavy (non-hydrogen) atoms. The number of aryl methyl sites for hydroxylation is 1. The van der Waals surface area contributed by atoms with Crippen LogP contribution in [0.2, 0.25) is 0 Å². The molecule has 144 valence electrons. The summed E-state index contributed by atoms with van der Waals surface area (Å²) >= 11 is 0. The molecule has 5 nitrogen and oxygen atoms in total. The molecular formula is C22H23FN4O. The number of urea groups is 1. The Morgan fingerprint density at radius 1 is 1.04 bits per heavy atom. The van der Waals surface area contributed by atoms with Gasteiger partial charge in [0, 0.05) is 29.9 Å². The van der Waals surface area contributed by atoms with Gasteiger partial charge in [0.15, 0.2) is 5.82 Å². The lowest BCUT2D eigenvalue weighted by Gasteiger charge is -2.27. The zero-order valence-electron chi connectivity index (χ0n) is 15.8. The number of hydrogen-bond acceptors (Lipinski definition) is 3. The molecule has 0 aliphatic carbocycles. The van der Waals surface area contributed by atoms with Gasteiger partial charge in [-0.1, -0.05) is 18.2 Å². The first-order valence-corrected chi connectivity index (χ1v) is 9.59. The molecule has 2 N–H and O–H groups in total. The maximum absolute atomic E-state index is 14.7. The minimum Gasteiger partial charge on any atom is -0.357 e. The molecule has 3 aromatic rings. The van der Waals surface area contributed by atoms with E-state index in [0.717, 1.165) is 37.3 Å². The van der Waals surface area contributed by atoms with Crippen molar-refractivity contribution in [2.75, 3.05) is 28.6 Å². The molecule has 1 aliphatic heterocycles. The van der Waals surface area contributed by atoms with E-state index < -0.39 is 11.8 Å². The van der Waals surface area contributed by atoms with Crippen molar-refractivity contribution in [2.24, 2.45) is 0 Å². The molecule has 2 aromatic carbocycles. The van der Waals surface area contributed by atoms with Gasteiger partial charge in [-0.3, -0.25) is 0 Å². The zero-order chi connectivity index (χ0) is 19.5. The number of aromatic nitrogens is 1. The van der Waals surface area contributed by atoms with E-state index >= 15 is 0 Å². The number of benzene rings is 2. The molecule has 2 heterocycles. The van der Waals surface area contributed by atoms with E-state index in [1.807, 2.05) is 43.3 Å². The second kappa shape index (κ2) is 7.84. The number of fused-ring (bicyclic) bond motifs is 1. The minimum atomic E-state index is -0.442. The second-order valence-corrected chi connectivity index (χ2v) is 7.14. The highest BCUT2D eigenvalue weighted by Gasteiger charge is 2.14. The molecule has 1 aromatic heterocycles. The Labute approximate surface area is 163 Å². The van der Waals surface area contributed by atoms with Gasteiger partial charge in [-0.15, -0.1) is 0 Å². The van der Waals surface area contributed by atoms with Crippen molar-refractivity contribution in [1.29, 1.82) is 0 Å². The molecule has 0 spiro atoms. The molecule has 2 amide bonds. The fourth-order valence-corrected chi connectivity index (χ4v) is 3.55. The van der Waals surface area contributed by atoms with Crippen LogP contribution in [-0.2, 0) is 0 Å². The van der Waals surface area contributed by atoms with E-state index in [1.165, 1.54) is 12.5 Å². The first-order chi connectivity index (χ1) is 13.6. The number of anilines is 3. The van der Waals surface area contributed by atoms with Crippen LogP contribution in [0.3, 0.4) is 0 Å². The molecule has 0 bridgehead atoms. The van der Waals surface area contributed by atoms with Crippen LogP contribution in [0.5, 0.6) is 0 Å². The van der Waals surface area contributed by atoms with E-state index in [0.29, 0.717) is 22.3 Å². The van der Waals surface area contributed by atoms with Crippen LogP contribution < -0.4 is 15.5 Å². The van der Waals surface area contributed by atoms with E-state index in [1.54, 1.807) is 6.07 Å². The Hall–Kier alpha value is -3.15. The summed E-state index contributed by atoms with van der Waals surface area (Å²) in [6.07, 6.45) is 3.51. The number of piperidine rings is 1. The predicted molar refractivity (Wildman–Crippen MR) is 112 cm³/mol. The molecule has 6 heteroatoms. The van der Waals surface area contributed by atoms with E-state index in [4.69, 9.17) is 0 Å². The predicted octanol–water partition coefficient (Wildman–Crippen LogP) is 5.32. The van der Waals surface area contributed by atoms with Crippen LogP contribution >= 0.6 is 0 Å². The van der Waals surface area contributed by atoms with Gasteiger partial charge in [-0.2, -0.15) is 0 Å². The van der Waals surface area contributed by atoms with Crippen LogP contribution in [0.25, 0.3) is 10.9 Å². The average Bonchev–Trinajstić information content (AvgIpc) is 2.70. The molecule has 1 aliphatic rings. The summed E-state index contributed by atoms with van der Waals surface area (Å²) in [4.78, 5) is 19.0. The third-order valence-corrected chi connectivity index (χ3v) is 5.06. The van der Waals surface area contributed by atoms with Crippen molar-refractivity contribution in [2.45, 2.75) is 26.2 Å². The number of carbonyl (C=O) groups is 1. The van der Waals surface area contributed by atoms with Gasteiger partial charge in [0.25, 0.3) is 0 Å². The fourth-order valence-electron chi connectivity index (χ4n) is 3.55. The number of hydrogen-bond donors (Lipinski definition) is 2. The summed E-state index contributed by atoms with van der Waals surface area (Å²) in [5, 5.41) is 6.14. The number of carbonyl (C=O) groups excluding carboxylic acids is 1. The largest absolute Gasteiger partial charge is 0.357 e. The fraction of sp³-hybridized carbons (Fsp3) is 0.273. The quantitative estimate of drug-likeness (QED) is 0.649. The normalized spacial score (nSPS) is 14.1. The summed E-state index contributed by atoms with van der Waals surface area (Å²) in [7, 11) is 0. The standard InChI is InChI=1S/C22H23FN4O/c1-15-7-3-4-8-19(15)25-22(28)24-17-13-16-9-10-20(26-21(16)18(23)14-17)27-11-5-2-6-12-27/h3-4,7-10,13-14H,2,5-6,11-12H2,1H3,(H2,24,25,28). The second-order valence-electron chi connectivity index (χ2n) is 7.14. The maximum atomic E-state index is 14.7. The molecule has 1 saturated heterocycles. The van der Waals surface area contributed by atoms with Gasteiger partial charge in [0.2, 0.25) is 0 Å². The number of amides is 2. The Bertz CT molecular complexity index is 1010. The van der Waals surface area contributed by atoms with E-state index in [2.05, 4.69) is 20.5 Å². The molecule has 0 radical (unpaired) electrons. The summed E-state index contributed by atoms with van der Waals surface area (Å²) in [6, 6.07) is 13.9. The highest BCUT2D eigenvalue weighted by Crippen LogP contribution is 2.26. The van der Waals surface area contributed by atoms with Crippen molar-refractivity contribution in [1.82, 2.24) is 4.98 Å². The molecular weight excluding hydrogens is 355 g/mol. The van der Waals surface area contributed by atoms with Gasteiger partial charge in [-0.05, 0) is 62.1 Å². The van der Waals surface area contributed by atoms with Crippen molar-refractivity contribution < 1.29 is 9.18 Å². The average molecular weight is 378 g/mol. The maximum Gasteiger partial charge on any atom is 0.323 e. The van der Waals surface area contributed by atoms with Crippen LogP contribution in [-0.4, -0.2) is 24.1 Å². The number of halogens is 1. The summed E-state index contributed by atoms with van der Waals surface area (Å²) in [5.74, 6) is 0.367. The summed E-state index contributed by atoms with van der Waals surface area (Å²) in [5.41, 5.74) is 2.39. The first-order valence-electron chi connectivity index (χ1n) is 9.59. The van der Waals surface area contributed by atoms with Gasteiger partial charge in [-0.25, -0.2) is 14.2 Å². The molecule has 0 atom stereocenters. The van der Waals surface area contributed by atoms with Gasteiger partial charge >= 0.3 is 6.03 Å². The lowest BCUT2D eigenvalue weighted by molar-refractivity contribution is 0.262. The Morgan fingerprint density at radius 2 is 1.82 bits per heavy atom. The zero-order valence-corrected chi connectivity index (χ0v) is 15.8. The van der Waals surface area contributed by atoms with Crippen LogP contribution in [0.4, 0.5) is 26.4 Å². The van der Waals surface area contributed by atoms with Gasteiger partial charge in [0.1, 0.15) is 11.3 Å². The Balaban J connectivity index is 1.53. The summed E-state index contributed by atoms with van der Waals surface area (Å²) < 4.78 is 14.7. The van der Waals surface area contributed by atoms with Gasteiger partial charge < -0.3 is 15.5 Å². The number of para-hydroxylation sites is 1. The molecule has 0 saturated carbocycles. The highest BCUT2D eigenvalue weighted by atomic mass is 19.1. The van der Waals surface area contributed by atoms with Gasteiger partial charge in [0.05, 0.1) is 0 Å². The third kappa shape index (κ3) is 3.91. The van der Waals surface area contributed by atoms with E-state index in [9.17, 15) is 9.18 Å². The monoisotopic (exact) mass is 378 g/mol. The summed E-state index contributed by atoms with van der Waals surface area (Å²) in [6.45, 7) is 3.83. The van der Waals surface area contributed by atoms with Crippen molar-refractivity contribution >= 4 is 34.1 Å². The SMILES string of the molecule is Cc1ccccc1NC(=O)Nc1cc(F)c2nc(N3CCCCC3)ccc2c1. The molecule has 4 rings (SSSR count). The Kier molecular flexibility index (Phi) is 5.10. The number of nitrogens with one attached hydrogen (secondary N) is 2. The lowest BCUT2D eigenvalue weighted by Crippen LogP contribution is -2.30. The molecule has 1 fully saturated rings. The number of pyridine rings is 1. The van der Waals surface area contributed by atoms with Crippen molar-refractivity contribution in [3.05, 3.63) is 59.9 Å². The van der Waals surface area contributed by atoms with Crippen LogP contribution in [0.1, 0.15) is 24.8 Å². The first kappa shape index (κ1) is 18.2. The smallest absolute Gasteiger partial charge is 0.323 e. The number of nitrogens with zero attached hydrogens (tertiary/aromatic N) is 2. The van der Waals surface area contributed by atoms with E-state index in [-0.39, 0.29) is 0 Å². The Morgan fingerprint density at radius 3 is 2.61 bits per heavy atom. The third-order valence-electron chi connectivity index (χ3n) is 5.06.